The van der Waals surface area contributed by atoms with Crippen molar-refractivity contribution in [2.45, 2.75) is 57.7 Å². The maximum absolute atomic E-state index is 13.7. The van der Waals surface area contributed by atoms with Gasteiger partial charge in [0.25, 0.3) is 0 Å². The van der Waals surface area contributed by atoms with Crippen LogP contribution < -0.4 is 0 Å². The largest absolute Gasteiger partial charge is 0.337 e. The first-order chi connectivity index (χ1) is 19.0. The molecule has 9 nitrogen and oxygen atoms in total. The van der Waals surface area contributed by atoms with E-state index in [4.69, 9.17) is 0 Å². The Labute approximate surface area is 237 Å². The van der Waals surface area contributed by atoms with Gasteiger partial charge in [-0.3, -0.25) is 14.4 Å². The lowest BCUT2D eigenvalue weighted by Gasteiger charge is -2.41. The number of piperazine rings is 1. The van der Waals surface area contributed by atoms with Gasteiger partial charge in [0.15, 0.2) is 0 Å². The summed E-state index contributed by atoms with van der Waals surface area (Å²) in [6.45, 7) is 3.70. The topological polar surface area (TPSA) is 95.8 Å². The normalized spacial score (nSPS) is 16.5. The van der Waals surface area contributed by atoms with Crippen molar-refractivity contribution in [3.63, 3.8) is 0 Å². The van der Waals surface area contributed by atoms with Crippen molar-refractivity contribution in [3.05, 3.63) is 63.5 Å². The van der Waals surface area contributed by atoms with Gasteiger partial charge in [-0.2, -0.15) is 0 Å². The molecule has 0 bridgehead atoms. The molecule has 2 atom stereocenters. The molecule has 3 amide bonds. The lowest BCUT2D eigenvalue weighted by atomic mass is 10.0. The SMILES string of the molecule is CCC(C=O)N(CCCn1ccnc1)C(=O)CC1C(=O)N(CCc2cccs2)CC(=O)N1CCc1cccs1. The number of rotatable bonds is 15. The predicted molar refractivity (Wildman–Crippen MR) is 151 cm³/mol. The molecule has 208 valence electrons. The summed E-state index contributed by atoms with van der Waals surface area (Å²) < 4.78 is 1.92. The molecule has 0 N–H and O–H groups in total. The quantitative estimate of drug-likeness (QED) is 0.262. The third-order valence-corrected chi connectivity index (χ3v) is 8.92. The van der Waals surface area contributed by atoms with Crippen LogP contribution in [-0.4, -0.2) is 86.5 Å². The molecule has 1 saturated heterocycles. The molecule has 0 aliphatic carbocycles. The average molecular weight is 570 g/mol. The van der Waals surface area contributed by atoms with Crippen molar-refractivity contribution in [1.82, 2.24) is 24.3 Å². The van der Waals surface area contributed by atoms with Gasteiger partial charge in [0.2, 0.25) is 17.7 Å². The number of imidazole rings is 1. The molecule has 0 saturated carbocycles. The third-order valence-electron chi connectivity index (χ3n) is 7.05. The van der Waals surface area contributed by atoms with Gasteiger partial charge in [-0.05, 0) is 48.6 Å². The van der Waals surface area contributed by atoms with E-state index in [2.05, 4.69) is 4.98 Å². The minimum atomic E-state index is -0.887. The van der Waals surface area contributed by atoms with Crippen molar-refractivity contribution >= 4 is 46.7 Å². The first kappa shape index (κ1) is 28.7. The molecule has 3 aromatic heterocycles. The summed E-state index contributed by atoms with van der Waals surface area (Å²) >= 11 is 3.22. The number of amides is 3. The summed E-state index contributed by atoms with van der Waals surface area (Å²) in [5, 5.41) is 3.97. The number of aromatic nitrogens is 2. The van der Waals surface area contributed by atoms with E-state index in [1.807, 2.05) is 52.7 Å². The molecule has 11 heteroatoms. The van der Waals surface area contributed by atoms with Gasteiger partial charge in [0.1, 0.15) is 12.3 Å². The molecule has 39 heavy (non-hydrogen) atoms. The molecule has 1 aliphatic heterocycles. The summed E-state index contributed by atoms with van der Waals surface area (Å²) in [4.78, 5) is 63.7. The highest BCUT2D eigenvalue weighted by molar-refractivity contribution is 7.10. The fraction of sp³-hybridized carbons (Fsp3) is 0.464. The van der Waals surface area contributed by atoms with E-state index in [-0.39, 0.29) is 30.7 Å². The van der Waals surface area contributed by atoms with Crippen LogP contribution in [0.2, 0.25) is 0 Å². The van der Waals surface area contributed by atoms with Crippen LogP contribution in [-0.2, 0) is 38.6 Å². The van der Waals surface area contributed by atoms with E-state index in [1.54, 1.807) is 49.9 Å². The van der Waals surface area contributed by atoms with Crippen LogP contribution >= 0.6 is 22.7 Å². The van der Waals surface area contributed by atoms with Crippen LogP contribution in [0.5, 0.6) is 0 Å². The van der Waals surface area contributed by atoms with Crippen LogP contribution in [0.15, 0.2) is 53.7 Å². The van der Waals surface area contributed by atoms with Crippen LogP contribution in [0, 0.1) is 0 Å². The summed E-state index contributed by atoms with van der Waals surface area (Å²) in [5.41, 5.74) is 0. The maximum Gasteiger partial charge on any atom is 0.246 e. The molecule has 0 spiro atoms. The van der Waals surface area contributed by atoms with Gasteiger partial charge in [-0.25, -0.2) is 4.98 Å². The first-order valence-corrected chi connectivity index (χ1v) is 15.1. The van der Waals surface area contributed by atoms with E-state index in [0.717, 1.165) is 16.0 Å². The zero-order valence-electron chi connectivity index (χ0n) is 22.2. The number of carbonyl (C=O) groups is 4. The van der Waals surface area contributed by atoms with Crippen LogP contribution in [0.25, 0.3) is 0 Å². The smallest absolute Gasteiger partial charge is 0.246 e. The Kier molecular flexibility index (Phi) is 10.4. The van der Waals surface area contributed by atoms with Crippen molar-refractivity contribution in [2.24, 2.45) is 0 Å². The number of hydrogen-bond acceptors (Lipinski definition) is 7. The lowest BCUT2D eigenvalue weighted by Crippen LogP contribution is -2.61. The number of aryl methyl sites for hydroxylation is 1. The van der Waals surface area contributed by atoms with Gasteiger partial charge >= 0.3 is 0 Å². The second-order valence-electron chi connectivity index (χ2n) is 9.58. The van der Waals surface area contributed by atoms with Gasteiger partial charge in [-0.1, -0.05) is 19.1 Å². The molecule has 3 aromatic rings. The number of nitrogens with zero attached hydrogens (tertiary/aromatic N) is 5. The van der Waals surface area contributed by atoms with E-state index in [9.17, 15) is 19.2 Å². The highest BCUT2D eigenvalue weighted by Gasteiger charge is 2.41. The minimum absolute atomic E-state index is 0.0138. The van der Waals surface area contributed by atoms with Crippen molar-refractivity contribution in [3.8, 4) is 0 Å². The molecular weight excluding hydrogens is 534 g/mol. The number of thiophene rings is 2. The van der Waals surface area contributed by atoms with Crippen molar-refractivity contribution in [2.75, 3.05) is 26.2 Å². The Bertz CT molecular complexity index is 1200. The maximum atomic E-state index is 13.7. The highest BCUT2D eigenvalue weighted by Crippen LogP contribution is 2.21. The second kappa shape index (κ2) is 14.2. The Morgan fingerprint density at radius 3 is 2.44 bits per heavy atom. The van der Waals surface area contributed by atoms with Crippen LogP contribution in [0.1, 0.15) is 35.9 Å². The summed E-state index contributed by atoms with van der Waals surface area (Å²) in [6, 6.07) is 6.48. The van der Waals surface area contributed by atoms with E-state index in [0.29, 0.717) is 51.9 Å². The second-order valence-corrected chi connectivity index (χ2v) is 11.6. The monoisotopic (exact) mass is 569 g/mol. The van der Waals surface area contributed by atoms with Crippen LogP contribution in [0.3, 0.4) is 0 Å². The third kappa shape index (κ3) is 7.63. The lowest BCUT2D eigenvalue weighted by molar-refractivity contribution is -0.158. The number of carbonyl (C=O) groups excluding carboxylic acids is 4. The van der Waals surface area contributed by atoms with Crippen LogP contribution in [0.4, 0.5) is 0 Å². The Hall–Kier alpha value is -3.31. The fourth-order valence-corrected chi connectivity index (χ4v) is 6.29. The zero-order valence-corrected chi connectivity index (χ0v) is 23.8. The molecule has 0 radical (unpaired) electrons. The Morgan fingerprint density at radius 1 is 1.13 bits per heavy atom. The van der Waals surface area contributed by atoms with Gasteiger partial charge in [0, 0.05) is 48.3 Å². The van der Waals surface area contributed by atoms with Crippen molar-refractivity contribution < 1.29 is 19.2 Å². The Morgan fingerprint density at radius 2 is 1.85 bits per heavy atom. The van der Waals surface area contributed by atoms with Gasteiger partial charge in [-0.15, -0.1) is 22.7 Å². The molecule has 1 fully saturated rings. The molecular formula is C28H35N5O4S2. The highest BCUT2D eigenvalue weighted by atomic mass is 32.1. The van der Waals surface area contributed by atoms with Gasteiger partial charge in [0.05, 0.1) is 25.3 Å². The van der Waals surface area contributed by atoms with E-state index >= 15 is 0 Å². The molecule has 1 aliphatic rings. The number of aldehydes is 1. The molecule has 4 rings (SSSR count). The van der Waals surface area contributed by atoms with Gasteiger partial charge < -0.3 is 24.1 Å². The molecule has 4 heterocycles. The summed E-state index contributed by atoms with van der Waals surface area (Å²) in [5.74, 6) is -0.639. The Balaban J connectivity index is 1.49. The van der Waals surface area contributed by atoms with Crippen molar-refractivity contribution in [1.29, 1.82) is 0 Å². The molecule has 2 unspecified atom stereocenters. The average Bonchev–Trinajstić information content (AvgIpc) is 3.73. The number of hydrogen-bond donors (Lipinski definition) is 0. The molecule has 0 aromatic carbocycles. The summed E-state index contributed by atoms with van der Waals surface area (Å²) in [6.07, 6.45) is 8.32. The van der Waals surface area contributed by atoms with E-state index in [1.165, 1.54) is 0 Å². The predicted octanol–water partition coefficient (Wildman–Crippen LogP) is 3.12. The first-order valence-electron chi connectivity index (χ1n) is 13.3. The zero-order chi connectivity index (χ0) is 27.6. The van der Waals surface area contributed by atoms with E-state index < -0.39 is 12.1 Å². The standard InChI is InChI=1S/C28H35N5O4S2/c1-2-22(20-34)32(12-5-11-30-15-10-29-21-30)26(35)18-25-28(37)31(13-8-23-6-3-16-38-23)19-27(36)33(25)14-9-24-7-4-17-39-24/h3-4,6-7,10,15-17,20-22,25H,2,5,8-9,11-14,18-19H2,1H3. The minimum Gasteiger partial charge on any atom is -0.337 e. The summed E-state index contributed by atoms with van der Waals surface area (Å²) in [7, 11) is 0. The fourth-order valence-electron chi connectivity index (χ4n) is 4.89.